The van der Waals surface area contributed by atoms with Crippen LogP contribution in [0.5, 0.6) is 0 Å². The van der Waals surface area contributed by atoms with Crippen LogP contribution in [0.4, 0.5) is 4.39 Å². The fourth-order valence-corrected chi connectivity index (χ4v) is 2.13. The molecule has 0 aliphatic heterocycles. The highest BCUT2D eigenvalue weighted by Gasteiger charge is 1.99. The lowest BCUT2D eigenvalue weighted by Gasteiger charge is -1.88. The second-order valence-electron chi connectivity index (χ2n) is 2.23. The van der Waals surface area contributed by atoms with Crippen LogP contribution in [0.25, 0.3) is 10.1 Å². The number of benzene rings is 1. The molecule has 2 rings (SSSR count). The molecule has 0 radical (unpaired) electrons. The van der Waals surface area contributed by atoms with Gasteiger partial charge >= 0.3 is 0 Å². The van der Waals surface area contributed by atoms with Crippen molar-refractivity contribution in [3.05, 3.63) is 33.9 Å². The predicted octanol–water partition coefficient (Wildman–Crippen LogP) is 3.80. The molecule has 0 saturated carbocycles. The van der Waals surface area contributed by atoms with Crippen molar-refractivity contribution in [1.82, 2.24) is 0 Å². The molecule has 11 heavy (non-hydrogen) atoms. The lowest BCUT2D eigenvalue weighted by molar-refractivity contribution is 0.658. The molecule has 0 N–H and O–H groups in total. The van der Waals surface area contributed by atoms with Gasteiger partial charge in [-0.2, -0.15) is 4.39 Å². The average molecular weight is 231 g/mol. The van der Waals surface area contributed by atoms with E-state index >= 15 is 0 Å². The first kappa shape index (κ1) is 7.25. The van der Waals surface area contributed by atoms with Crippen molar-refractivity contribution in [3.63, 3.8) is 0 Å². The van der Waals surface area contributed by atoms with Crippen molar-refractivity contribution in [2.24, 2.45) is 0 Å². The molecule has 0 aliphatic rings. The Hall–Kier alpha value is -0.410. The number of halogens is 2. The maximum absolute atomic E-state index is 12.7. The standard InChI is InChI=1S/C8H4BrFS/c9-6-1-2-7-5(3-6)4-8(10)11-7/h1-4H. The van der Waals surface area contributed by atoms with Crippen molar-refractivity contribution >= 4 is 37.4 Å². The summed E-state index contributed by atoms with van der Waals surface area (Å²) in [5.74, 6) is 0. The van der Waals surface area contributed by atoms with Gasteiger partial charge in [-0.1, -0.05) is 15.9 Å². The fraction of sp³-hybridized carbons (Fsp3) is 0. The zero-order chi connectivity index (χ0) is 7.84. The highest BCUT2D eigenvalue weighted by Crippen LogP contribution is 2.26. The molecule has 0 amide bonds. The minimum Gasteiger partial charge on any atom is -0.195 e. The summed E-state index contributed by atoms with van der Waals surface area (Å²) in [7, 11) is 0. The third-order valence-corrected chi connectivity index (χ3v) is 2.85. The van der Waals surface area contributed by atoms with E-state index in [1.807, 2.05) is 18.2 Å². The number of hydrogen-bond acceptors (Lipinski definition) is 1. The molecule has 0 unspecified atom stereocenters. The fourth-order valence-electron chi connectivity index (χ4n) is 0.982. The Morgan fingerprint density at radius 3 is 2.91 bits per heavy atom. The summed E-state index contributed by atoms with van der Waals surface area (Å²) < 4.78 is 14.6. The highest BCUT2D eigenvalue weighted by molar-refractivity contribution is 9.10. The number of fused-ring (bicyclic) bond motifs is 1. The molecule has 1 aromatic heterocycles. The Bertz CT molecular complexity index is 394. The Kier molecular flexibility index (Phi) is 1.69. The maximum atomic E-state index is 12.7. The molecule has 1 heterocycles. The lowest BCUT2D eigenvalue weighted by atomic mass is 10.3. The summed E-state index contributed by atoms with van der Waals surface area (Å²) in [6, 6.07) is 7.28. The van der Waals surface area contributed by atoms with Gasteiger partial charge in [-0.05, 0) is 29.7 Å². The second-order valence-corrected chi connectivity index (χ2v) is 4.18. The van der Waals surface area contributed by atoms with Gasteiger partial charge in [-0.25, -0.2) is 0 Å². The monoisotopic (exact) mass is 230 g/mol. The van der Waals surface area contributed by atoms with E-state index < -0.39 is 0 Å². The summed E-state index contributed by atoms with van der Waals surface area (Å²) in [6.07, 6.45) is 0. The Labute approximate surface area is 75.8 Å². The summed E-state index contributed by atoms with van der Waals surface area (Å²) in [4.78, 5) is 0. The Balaban J connectivity index is 2.82. The van der Waals surface area contributed by atoms with Crippen molar-refractivity contribution in [3.8, 4) is 0 Å². The SMILES string of the molecule is Fc1cc2cc(Br)ccc2s1. The molecular formula is C8H4BrFS. The van der Waals surface area contributed by atoms with E-state index in [0.717, 1.165) is 14.6 Å². The third kappa shape index (κ3) is 1.30. The zero-order valence-corrected chi connectivity index (χ0v) is 7.88. The van der Waals surface area contributed by atoms with Crippen LogP contribution < -0.4 is 0 Å². The minimum atomic E-state index is -0.127. The molecule has 2 aromatic rings. The molecule has 0 bridgehead atoms. The predicted molar refractivity (Wildman–Crippen MR) is 49.5 cm³/mol. The average Bonchev–Trinajstić information content (AvgIpc) is 2.27. The van der Waals surface area contributed by atoms with Crippen LogP contribution in [0.2, 0.25) is 0 Å². The first-order valence-corrected chi connectivity index (χ1v) is 4.71. The van der Waals surface area contributed by atoms with Crippen LogP contribution in [-0.2, 0) is 0 Å². The van der Waals surface area contributed by atoms with Crippen LogP contribution in [0.15, 0.2) is 28.7 Å². The number of rotatable bonds is 0. The number of hydrogen-bond donors (Lipinski definition) is 0. The first-order chi connectivity index (χ1) is 5.25. The quantitative estimate of drug-likeness (QED) is 0.646. The molecule has 0 nitrogen and oxygen atoms in total. The summed E-state index contributed by atoms with van der Waals surface area (Å²) in [5, 5.41) is 0.833. The topological polar surface area (TPSA) is 0 Å². The summed E-state index contributed by atoms with van der Waals surface area (Å²) >= 11 is 4.50. The van der Waals surface area contributed by atoms with Gasteiger partial charge in [0.15, 0.2) is 5.13 Å². The molecule has 1 aromatic carbocycles. The number of thiophene rings is 1. The minimum absolute atomic E-state index is 0.127. The van der Waals surface area contributed by atoms with E-state index in [9.17, 15) is 4.39 Å². The largest absolute Gasteiger partial charge is 0.195 e. The normalized spacial score (nSPS) is 10.7. The third-order valence-electron chi connectivity index (χ3n) is 1.45. The van der Waals surface area contributed by atoms with Gasteiger partial charge in [0, 0.05) is 9.17 Å². The van der Waals surface area contributed by atoms with Gasteiger partial charge in [-0.15, -0.1) is 11.3 Å². The summed E-state index contributed by atoms with van der Waals surface area (Å²) in [6.45, 7) is 0. The van der Waals surface area contributed by atoms with E-state index in [0.29, 0.717) is 0 Å². The Morgan fingerprint density at radius 1 is 1.27 bits per heavy atom. The molecular weight excluding hydrogens is 227 g/mol. The molecule has 0 saturated heterocycles. The molecule has 0 atom stereocenters. The van der Waals surface area contributed by atoms with Crippen molar-refractivity contribution in [2.75, 3.05) is 0 Å². The summed E-state index contributed by atoms with van der Waals surface area (Å²) in [5.41, 5.74) is 0. The van der Waals surface area contributed by atoms with Gasteiger partial charge in [-0.3, -0.25) is 0 Å². The van der Waals surface area contributed by atoms with Crippen molar-refractivity contribution in [2.45, 2.75) is 0 Å². The lowest BCUT2D eigenvalue weighted by Crippen LogP contribution is -1.62. The van der Waals surface area contributed by atoms with Gasteiger partial charge in [0.25, 0.3) is 0 Å². The highest BCUT2D eigenvalue weighted by atomic mass is 79.9. The van der Waals surface area contributed by atoms with E-state index in [1.165, 1.54) is 11.3 Å². The van der Waals surface area contributed by atoms with E-state index in [4.69, 9.17) is 0 Å². The molecule has 56 valence electrons. The first-order valence-electron chi connectivity index (χ1n) is 3.10. The van der Waals surface area contributed by atoms with E-state index in [1.54, 1.807) is 6.07 Å². The van der Waals surface area contributed by atoms with Crippen molar-refractivity contribution < 1.29 is 4.39 Å². The Morgan fingerprint density at radius 2 is 2.09 bits per heavy atom. The van der Waals surface area contributed by atoms with E-state index in [-0.39, 0.29) is 5.13 Å². The van der Waals surface area contributed by atoms with Crippen LogP contribution in [0.1, 0.15) is 0 Å². The molecule has 0 fully saturated rings. The van der Waals surface area contributed by atoms with Gasteiger partial charge in [0.1, 0.15) is 0 Å². The van der Waals surface area contributed by atoms with Gasteiger partial charge in [0.05, 0.1) is 0 Å². The zero-order valence-electron chi connectivity index (χ0n) is 5.47. The van der Waals surface area contributed by atoms with Crippen LogP contribution in [0, 0.1) is 5.13 Å². The van der Waals surface area contributed by atoms with Crippen LogP contribution in [-0.4, -0.2) is 0 Å². The maximum Gasteiger partial charge on any atom is 0.177 e. The van der Waals surface area contributed by atoms with E-state index in [2.05, 4.69) is 15.9 Å². The second kappa shape index (κ2) is 2.57. The molecule has 3 heteroatoms. The smallest absolute Gasteiger partial charge is 0.177 e. The van der Waals surface area contributed by atoms with Crippen LogP contribution >= 0.6 is 27.3 Å². The van der Waals surface area contributed by atoms with Crippen LogP contribution in [0.3, 0.4) is 0 Å². The van der Waals surface area contributed by atoms with Gasteiger partial charge in [0.2, 0.25) is 0 Å². The van der Waals surface area contributed by atoms with Crippen molar-refractivity contribution in [1.29, 1.82) is 0 Å². The molecule has 0 spiro atoms. The van der Waals surface area contributed by atoms with Gasteiger partial charge < -0.3 is 0 Å². The molecule has 0 aliphatic carbocycles.